The molecule has 0 aliphatic rings. The highest BCUT2D eigenvalue weighted by Gasteiger charge is 2.11. The zero-order valence-electron chi connectivity index (χ0n) is 9.65. The third-order valence-corrected chi connectivity index (χ3v) is 2.59. The van der Waals surface area contributed by atoms with Crippen LogP contribution in [-0.2, 0) is 11.2 Å². The van der Waals surface area contributed by atoms with Crippen molar-refractivity contribution in [3.8, 4) is 5.75 Å². The predicted molar refractivity (Wildman–Crippen MR) is 66.4 cm³/mol. The predicted octanol–water partition coefficient (Wildman–Crippen LogP) is 0.954. The average molecular weight is 258 g/mol. The van der Waals surface area contributed by atoms with Crippen molar-refractivity contribution in [1.29, 1.82) is 0 Å². The summed E-state index contributed by atoms with van der Waals surface area (Å²) in [6.45, 7) is -0.116. The molecule has 1 rings (SSSR count). The summed E-state index contributed by atoms with van der Waals surface area (Å²) in [4.78, 5) is 11.1. The molecule has 0 aromatic heterocycles. The van der Waals surface area contributed by atoms with Gasteiger partial charge in [-0.05, 0) is 24.1 Å². The van der Waals surface area contributed by atoms with E-state index >= 15 is 0 Å². The van der Waals surface area contributed by atoms with Gasteiger partial charge in [-0.15, -0.1) is 11.6 Å². The number of ether oxygens (including phenoxy) is 1. The number of nitrogens with one attached hydrogen (secondary N) is 1. The van der Waals surface area contributed by atoms with Crippen LogP contribution in [0.25, 0.3) is 0 Å². The number of amides is 1. The summed E-state index contributed by atoms with van der Waals surface area (Å²) in [5.41, 5.74) is 1.01. The van der Waals surface area contributed by atoms with Crippen molar-refractivity contribution in [1.82, 2.24) is 5.32 Å². The van der Waals surface area contributed by atoms with E-state index in [4.69, 9.17) is 21.4 Å². The van der Waals surface area contributed by atoms with E-state index in [-0.39, 0.29) is 24.4 Å². The zero-order valence-corrected chi connectivity index (χ0v) is 10.4. The SMILES string of the molecule is COc1ccc(C[C@@H](CO)NC(=O)CCl)cc1. The number of hydrogen-bond donors (Lipinski definition) is 2. The van der Waals surface area contributed by atoms with Gasteiger partial charge in [0.15, 0.2) is 0 Å². The fourth-order valence-corrected chi connectivity index (χ4v) is 1.55. The van der Waals surface area contributed by atoms with Gasteiger partial charge in [-0.25, -0.2) is 0 Å². The lowest BCUT2D eigenvalue weighted by molar-refractivity contribution is -0.119. The van der Waals surface area contributed by atoms with Gasteiger partial charge in [0, 0.05) is 0 Å². The Kier molecular flexibility index (Phi) is 5.80. The number of hydrogen-bond acceptors (Lipinski definition) is 3. The lowest BCUT2D eigenvalue weighted by Crippen LogP contribution is -2.39. The molecular formula is C12H16ClNO3. The Morgan fingerprint density at radius 1 is 1.47 bits per heavy atom. The quantitative estimate of drug-likeness (QED) is 0.746. The van der Waals surface area contributed by atoms with Crippen molar-refractivity contribution in [2.24, 2.45) is 0 Å². The first-order chi connectivity index (χ1) is 8.19. The Bertz CT molecular complexity index is 353. The molecule has 5 heteroatoms. The Labute approximate surface area is 106 Å². The highest BCUT2D eigenvalue weighted by Crippen LogP contribution is 2.12. The van der Waals surface area contributed by atoms with E-state index in [1.165, 1.54) is 0 Å². The molecule has 17 heavy (non-hydrogen) atoms. The van der Waals surface area contributed by atoms with Gasteiger partial charge in [-0.2, -0.15) is 0 Å². The highest BCUT2D eigenvalue weighted by atomic mass is 35.5. The Hall–Kier alpha value is -1.26. The van der Waals surface area contributed by atoms with Gasteiger partial charge < -0.3 is 15.2 Å². The molecule has 0 radical (unpaired) electrons. The van der Waals surface area contributed by atoms with Gasteiger partial charge in [0.1, 0.15) is 11.6 Å². The second kappa shape index (κ2) is 7.14. The third-order valence-electron chi connectivity index (χ3n) is 2.35. The fraction of sp³-hybridized carbons (Fsp3) is 0.417. The summed E-state index contributed by atoms with van der Waals surface area (Å²) < 4.78 is 5.05. The molecule has 0 spiro atoms. The lowest BCUT2D eigenvalue weighted by atomic mass is 10.1. The fourth-order valence-electron chi connectivity index (χ4n) is 1.47. The van der Waals surface area contributed by atoms with E-state index in [9.17, 15) is 4.79 Å². The van der Waals surface area contributed by atoms with Gasteiger partial charge in [0.05, 0.1) is 19.8 Å². The topological polar surface area (TPSA) is 58.6 Å². The minimum absolute atomic E-state index is 0.0981. The first kappa shape index (κ1) is 13.8. The second-order valence-electron chi connectivity index (χ2n) is 3.63. The molecule has 0 unspecified atom stereocenters. The van der Waals surface area contributed by atoms with Gasteiger partial charge >= 0.3 is 0 Å². The van der Waals surface area contributed by atoms with E-state index < -0.39 is 0 Å². The molecule has 0 fully saturated rings. The number of aliphatic hydroxyl groups excluding tert-OH is 1. The van der Waals surface area contributed by atoms with Gasteiger partial charge in [-0.1, -0.05) is 12.1 Å². The minimum Gasteiger partial charge on any atom is -0.497 e. The number of benzene rings is 1. The third kappa shape index (κ3) is 4.63. The number of carbonyl (C=O) groups excluding carboxylic acids is 1. The molecule has 1 atom stereocenters. The number of aliphatic hydroxyl groups is 1. The van der Waals surface area contributed by atoms with Crippen LogP contribution in [0.2, 0.25) is 0 Å². The molecule has 0 bridgehead atoms. The van der Waals surface area contributed by atoms with Crippen LogP contribution < -0.4 is 10.1 Å². The Morgan fingerprint density at radius 3 is 2.59 bits per heavy atom. The van der Waals surface area contributed by atoms with Crippen LogP contribution in [0, 0.1) is 0 Å². The molecular weight excluding hydrogens is 242 g/mol. The summed E-state index contributed by atoms with van der Waals surface area (Å²) in [5, 5.41) is 11.8. The summed E-state index contributed by atoms with van der Waals surface area (Å²) in [7, 11) is 1.60. The van der Waals surface area contributed by atoms with Crippen molar-refractivity contribution in [3.05, 3.63) is 29.8 Å². The van der Waals surface area contributed by atoms with Gasteiger partial charge in [-0.3, -0.25) is 4.79 Å². The lowest BCUT2D eigenvalue weighted by Gasteiger charge is -2.15. The molecule has 0 saturated carbocycles. The van der Waals surface area contributed by atoms with E-state index in [1.807, 2.05) is 24.3 Å². The maximum Gasteiger partial charge on any atom is 0.235 e. The van der Waals surface area contributed by atoms with Crippen molar-refractivity contribution >= 4 is 17.5 Å². The van der Waals surface area contributed by atoms with Crippen LogP contribution >= 0.6 is 11.6 Å². The molecule has 0 aliphatic carbocycles. The molecule has 1 amide bonds. The number of carbonyl (C=O) groups is 1. The molecule has 1 aromatic carbocycles. The number of rotatable bonds is 6. The van der Waals surface area contributed by atoms with Crippen LogP contribution in [0.1, 0.15) is 5.56 Å². The van der Waals surface area contributed by atoms with Crippen molar-refractivity contribution in [3.63, 3.8) is 0 Å². The molecule has 0 aliphatic heterocycles. The van der Waals surface area contributed by atoms with Crippen LogP contribution in [0.5, 0.6) is 5.75 Å². The van der Waals surface area contributed by atoms with Crippen LogP contribution in [0.4, 0.5) is 0 Å². The van der Waals surface area contributed by atoms with Crippen molar-refractivity contribution < 1.29 is 14.6 Å². The molecule has 2 N–H and O–H groups in total. The van der Waals surface area contributed by atoms with Crippen LogP contribution in [0.3, 0.4) is 0 Å². The first-order valence-electron chi connectivity index (χ1n) is 5.28. The standard InChI is InChI=1S/C12H16ClNO3/c1-17-11-4-2-9(3-5-11)6-10(8-15)14-12(16)7-13/h2-5,10,15H,6-8H2,1H3,(H,14,16)/t10-/m0/s1. The van der Waals surface area contributed by atoms with Crippen LogP contribution in [-0.4, -0.2) is 36.7 Å². The largest absolute Gasteiger partial charge is 0.497 e. The van der Waals surface area contributed by atoms with Gasteiger partial charge in [0.2, 0.25) is 5.91 Å². The molecule has 1 aromatic rings. The highest BCUT2D eigenvalue weighted by molar-refractivity contribution is 6.27. The zero-order chi connectivity index (χ0) is 12.7. The minimum atomic E-state index is -0.311. The van der Waals surface area contributed by atoms with E-state index in [1.54, 1.807) is 7.11 Å². The Morgan fingerprint density at radius 2 is 2.12 bits per heavy atom. The molecule has 0 saturated heterocycles. The summed E-state index contributed by atoms with van der Waals surface area (Å²) in [6, 6.07) is 7.16. The molecule has 94 valence electrons. The summed E-state index contributed by atoms with van der Waals surface area (Å²) in [6.07, 6.45) is 0.559. The Balaban J connectivity index is 2.57. The summed E-state index contributed by atoms with van der Waals surface area (Å²) in [5.74, 6) is 0.400. The molecule has 4 nitrogen and oxygen atoms in total. The smallest absolute Gasteiger partial charge is 0.235 e. The summed E-state index contributed by atoms with van der Waals surface area (Å²) >= 11 is 5.39. The maximum absolute atomic E-state index is 11.1. The second-order valence-corrected chi connectivity index (χ2v) is 3.90. The van der Waals surface area contributed by atoms with Crippen molar-refractivity contribution in [2.45, 2.75) is 12.5 Å². The van der Waals surface area contributed by atoms with Gasteiger partial charge in [0.25, 0.3) is 0 Å². The number of halogens is 1. The van der Waals surface area contributed by atoms with E-state index in [2.05, 4.69) is 5.32 Å². The van der Waals surface area contributed by atoms with Crippen molar-refractivity contribution in [2.75, 3.05) is 19.6 Å². The van der Waals surface area contributed by atoms with Crippen LogP contribution in [0.15, 0.2) is 24.3 Å². The normalized spacial score (nSPS) is 11.9. The monoisotopic (exact) mass is 257 g/mol. The average Bonchev–Trinajstić information content (AvgIpc) is 2.38. The number of alkyl halides is 1. The first-order valence-corrected chi connectivity index (χ1v) is 5.82. The maximum atomic E-state index is 11.1. The van der Waals surface area contributed by atoms with E-state index in [0.29, 0.717) is 6.42 Å². The molecule has 0 heterocycles. The van der Waals surface area contributed by atoms with E-state index in [0.717, 1.165) is 11.3 Å². The number of methoxy groups -OCH3 is 1.